The molecule has 2 nitrogen and oxygen atoms in total. The van der Waals surface area contributed by atoms with Gasteiger partial charge in [0, 0.05) is 24.3 Å². The number of carbonyl (C=O) groups excluding carboxylic acids is 1. The second kappa shape index (κ2) is 11.0. The summed E-state index contributed by atoms with van der Waals surface area (Å²) in [6.45, 7) is 6.79. The van der Waals surface area contributed by atoms with E-state index in [9.17, 15) is 4.79 Å². The summed E-state index contributed by atoms with van der Waals surface area (Å²) in [6, 6.07) is 17.2. The molecule has 0 saturated carbocycles. The molecule has 3 aromatic rings. The monoisotopic (exact) mass is 389 g/mol. The summed E-state index contributed by atoms with van der Waals surface area (Å²) in [7, 11) is 0. The molecule has 0 heterocycles. The lowest BCUT2D eigenvalue weighted by molar-refractivity contribution is 0.112. The lowest BCUT2D eigenvalue weighted by atomic mass is 9.99. The summed E-state index contributed by atoms with van der Waals surface area (Å²) in [4.78, 5) is 14.0. The number of aldehydes is 1. The molecule has 0 aliphatic rings. The molecule has 0 fully saturated rings. The standard InChI is InChI=1S/C27H35NO/c1-3-5-7-9-16-28(17-10-8-6-4-2)26-15-14-22-18-23-12-11-13-24(21-29)27(23)20-25(22)19-26/h11-15,18-21H,3-10,16-17H2,1-2H3. The van der Waals surface area contributed by atoms with Gasteiger partial charge in [-0.1, -0.05) is 76.6 Å². The van der Waals surface area contributed by atoms with Gasteiger partial charge in [-0.15, -0.1) is 0 Å². The Kier molecular flexibility index (Phi) is 8.10. The van der Waals surface area contributed by atoms with Crippen molar-refractivity contribution >= 4 is 33.5 Å². The number of fused-ring (bicyclic) bond motifs is 2. The summed E-state index contributed by atoms with van der Waals surface area (Å²) in [5.74, 6) is 0. The highest BCUT2D eigenvalue weighted by Gasteiger charge is 2.09. The van der Waals surface area contributed by atoms with Crippen LogP contribution in [0.2, 0.25) is 0 Å². The maximum atomic E-state index is 11.5. The number of hydrogen-bond donors (Lipinski definition) is 0. The minimum Gasteiger partial charge on any atom is -0.372 e. The fourth-order valence-electron chi connectivity index (χ4n) is 4.16. The molecule has 154 valence electrons. The van der Waals surface area contributed by atoms with Crippen molar-refractivity contribution in [1.82, 2.24) is 0 Å². The highest BCUT2D eigenvalue weighted by Crippen LogP contribution is 2.29. The second-order valence-electron chi connectivity index (χ2n) is 8.18. The maximum absolute atomic E-state index is 11.5. The highest BCUT2D eigenvalue weighted by atomic mass is 16.1. The zero-order valence-corrected chi connectivity index (χ0v) is 18.1. The van der Waals surface area contributed by atoms with E-state index in [4.69, 9.17) is 0 Å². The second-order valence-corrected chi connectivity index (χ2v) is 8.18. The van der Waals surface area contributed by atoms with Gasteiger partial charge in [-0.2, -0.15) is 0 Å². The van der Waals surface area contributed by atoms with Crippen LogP contribution in [-0.4, -0.2) is 19.4 Å². The van der Waals surface area contributed by atoms with Gasteiger partial charge < -0.3 is 4.90 Å². The average Bonchev–Trinajstić information content (AvgIpc) is 2.75. The van der Waals surface area contributed by atoms with E-state index in [1.54, 1.807) is 0 Å². The molecule has 0 amide bonds. The third kappa shape index (κ3) is 5.59. The maximum Gasteiger partial charge on any atom is 0.150 e. The summed E-state index contributed by atoms with van der Waals surface area (Å²) >= 11 is 0. The Morgan fingerprint density at radius 1 is 0.724 bits per heavy atom. The minimum atomic E-state index is 0.769. The van der Waals surface area contributed by atoms with Gasteiger partial charge in [0.15, 0.2) is 6.29 Å². The zero-order valence-electron chi connectivity index (χ0n) is 18.1. The molecule has 0 radical (unpaired) electrons. The Bertz CT molecular complexity index is 918. The van der Waals surface area contributed by atoms with E-state index in [1.165, 1.54) is 67.8 Å². The Labute approximate surface area is 175 Å². The van der Waals surface area contributed by atoms with Crippen LogP contribution >= 0.6 is 0 Å². The number of hydrogen-bond acceptors (Lipinski definition) is 2. The molecule has 0 bridgehead atoms. The number of benzene rings is 3. The van der Waals surface area contributed by atoms with Crippen LogP contribution in [-0.2, 0) is 0 Å². The lowest BCUT2D eigenvalue weighted by Crippen LogP contribution is -2.25. The summed E-state index contributed by atoms with van der Waals surface area (Å²) in [6.07, 6.45) is 11.3. The molecule has 2 heteroatoms. The van der Waals surface area contributed by atoms with E-state index in [0.29, 0.717) is 0 Å². The molecular weight excluding hydrogens is 354 g/mol. The predicted octanol–water partition coefficient (Wildman–Crippen LogP) is 7.77. The molecule has 3 rings (SSSR count). The summed E-state index contributed by atoms with van der Waals surface area (Å²) < 4.78 is 0. The molecule has 0 N–H and O–H groups in total. The van der Waals surface area contributed by atoms with Crippen molar-refractivity contribution in [2.75, 3.05) is 18.0 Å². The molecular formula is C27H35NO. The van der Waals surface area contributed by atoms with Crippen LogP contribution < -0.4 is 4.90 Å². The van der Waals surface area contributed by atoms with E-state index in [0.717, 1.165) is 35.7 Å². The average molecular weight is 390 g/mol. The van der Waals surface area contributed by atoms with E-state index >= 15 is 0 Å². The van der Waals surface area contributed by atoms with Crippen molar-refractivity contribution in [3.63, 3.8) is 0 Å². The number of anilines is 1. The summed E-state index contributed by atoms with van der Waals surface area (Å²) in [5.41, 5.74) is 2.08. The van der Waals surface area contributed by atoms with Gasteiger partial charge in [-0.25, -0.2) is 0 Å². The smallest absolute Gasteiger partial charge is 0.150 e. The van der Waals surface area contributed by atoms with Gasteiger partial charge in [0.1, 0.15) is 0 Å². The van der Waals surface area contributed by atoms with Crippen LogP contribution in [0.15, 0.2) is 48.5 Å². The normalized spacial score (nSPS) is 11.2. The van der Waals surface area contributed by atoms with Crippen molar-refractivity contribution < 1.29 is 4.79 Å². The number of nitrogens with zero attached hydrogens (tertiary/aromatic N) is 1. The van der Waals surface area contributed by atoms with Crippen molar-refractivity contribution in [2.45, 2.75) is 65.2 Å². The molecule has 0 saturated heterocycles. The molecule has 0 aliphatic carbocycles. The van der Waals surface area contributed by atoms with Gasteiger partial charge in [-0.05, 0) is 58.7 Å². The first-order valence-corrected chi connectivity index (χ1v) is 11.4. The highest BCUT2D eigenvalue weighted by molar-refractivity contribution is 6.05. The first-order chi connectivity index (χ1) is 14.3. The van der Waals surface area contributed by atoms with Gasteiger partial charge in [0.25, 0.3) is 0 Å². The molecule has 0 atom stereocenters. The third-order valence-corrected chi connectivity index (χ3v) is 5.91. The number of carbonyl (C=O) groups is 1. The molecule has 0 aromatic heterocycles. The SMILES string of the molecule is CCCCCCN(CCCCCC)c1ccc2cc3cccc(C=O)c3cc2c1. The van der Waals surface area contributed by atoms with Crippen molar-refractivity contribution in [3.8, 4) is 0 Å². The third-order valence-electron chi connectivity index (χ3n) is 5.91. The van der Waals surface area contributed by atoms with Crippen LogP contribution in [0.5, 0.6) is 0 Å². The molecule has 0 spiro atoms. The topological polar surface area (TPSA) is 20.3 Å². The van der Waals surface area contributed by atoms with Crippen molar-refractivity contribution in [1.29, 1.82) is 0 Å². The van der Waals surface area contributed by atoms with Gasteiger partial charge >= 0.3 is 0 Å². The quantitative estimate of drug-likeness (QED) is 0.179. The molecule has 29 heavy (non-hydrogen) atoms. The first-order valence-electron chi connectivity index (χ1n) is 11.4. The van der Waals surface area contributed by atoms with Crippen LogP contribution in [0.1, 0.15) is 75.6 Å². The van der Waals surface area contributed by atoms with E-state index in [2.05, 4.69) is 55.1 Å². The molecule has 3 aromatic carbocycles. The Morgan fingerprint density at radius 2 is 1.45 bits per heavy atom. The molecule has 0 unspecified atom stereocenters. The van der Waals surface area contributed by atoms with E-state index in [1.807, 2.05) is 12.1 Å². The fourth-order valence-corrected chi connectivity index (χ4v) is 4.16. The number of rotatable bonds is 12. The summed E-state index contributed by atoms with van der Waals surface area (Å²) in [5, 5.41) is 4.63. The largest absolute Gasteiger partial charge is 0.372 e. The van der Waals surface area contributed by atoms with Gasteiger partial charge in [-0.3, -0.25) is 4.79 Å². The van der Waals surface area contributed by atoms with E-state index in [-0.39, 0.29) is 0 Å². The predicted molar refractivity (Wildman–Crippen MR) is 127 cm³/mol. The van der Waals surface area contributed by atoms with Crippen molar-refractivity contribution in [2.24, 2.45) is 0 Å². The van der Waals surface area contributed by atoms with Gasteiger partial charge in [0.05, 0.1) is 0 Å². The number of unbranched alkanes of at least 4 members (excludes halogenated alkanes) is 6. The van der Waals surface area contributed by atoms with E-state index < -0.39 is 0 Å². The Hall–Kier alpha value is -2.35. The minimum absolute atomic E-state index is 0.769. The van der Waals surface area contributed by atoms with Crippen LogP contribution in [0.25, 0.3) is 21.5 Å². The van der Waals surface area contributed by atoms with Crippen LogP contribution in [0.4, 0.5) is 5.69 Å². The van der Waals surface area contributed by atoms with Crippen LogP contribution in [0, 0.1) is 0 Å². The Balaban J connectivity index is 1.87. The van der Waals surface area contributed by atoms with Gasteiger partial charge in [0.2, 0.25) is 0 Å². The first kappa shape index (κ1) is 21.4. The zero-order chi connectivity index (χ0) is 20.5. The van der Waals surface area contributed by atoms with Crippen molar-refractivity contribution in [3.05, 3.63) is 54.1 Å². The molecule has 0 aliphatic heterocycles. The Morgan fingerprint density at radius 3 is 2.10 bits per heavy atom. The fraction of sp³-hybridized carbons (Fsp3) is 0.444. The van der Waals surface area contributed by atoms with Crippen LogP contribution in [0.3, 0.4) is 0 Å². The lowest BCUT2D eigenvalue weighted by Gasteiger charge is -2.25.